The van der Waals surface area contributed by atoms with Crippen LogP contribution in [0.5, 0.6) is 0 Å². The highest BCUT2D eigenvalue weighted by atomic mass is 15.3. The van der Waals surface area contributed by atoms with Crippen LogP contribution < -0.4 is 5.73 Å². The van der Waals surface area contributed by atoms with E-state index < -0.39 is 0 Å². The maximum Gasteiger partial charge on any atom is 0.0349 e. The summed E-state index contributed by atoms with van der Waals surface area (Å²) < 4.78 is 0. The van der Waals surface area contributed by atoms with Crippen LogP contribution in [0.4, 0.5) is 0 Å². The van der Waals surface area contributed by atoms with Crippen LogP contribution >= 0.6 is 0 Å². The average Bonchev–Trinajstić information content (AvgIpc) is 2.37. The molecule has 2 aliphatic rings. The number of nitrogens with zero attached hydrogens (tertiary/aromatic N) is 2. The molecule has 3 heteroatoms. The molecule has 2 fully saturated rings. The van der Waals surface area contributed by atoms with Crippen molar-refractivity contribution in [1.82, 2.24) is 9.80 Å². The SMILES string of the molecule is CN1CCN(C2CCCCC2C(C)(C)C)C(CN)C1. The number of hydrogen-bond acceptors (Lipinski definition) is 3. The van der Waals surface area contributed by atoms with E-state index in [-0.39, 0.29) is 0 Å². The molecule has 2 rings (SSSR count). The van der Waals surface area contributed by atoms with E-state index in [4.69, 9.17) is 5.73 Å². The first kappa shape index (κ1) is 15.3. The van der Waals surface area contributed by atoms with Gasteiger partial charge in [-0.2, -0.15) is 0 Å². The van der Waals surface area contributed by atoms with Crippen LogP contribution in [0.15, 0.2) is 0 Å². The molecule has 0 amide bonds. The molecular formula is C16H33N3. The van der Waals surface area contributed by atoms with E-state index in [1.54, 1.807) is 0 Å². The molecule has 1 heterocycles. The van der Waals surface area contributed by atoms with Crippen molar-refractivity contribution >= 4 is 0 Å². The van der Waals surface area contributed by atoms with Crippen LogP contribution in [-0.2, 0) is 0 Å². The first-order chi connectivity index (χ1) is 8.93. The highest BCUT2D eigenvalue weighted by Gasteiger charge is 2.40. The van der Waals surface area contributed by atoms with Crippen LogP contribution in [0, 0.1) is 11.3 Å². The number of hydrogen-bond donors (Lipinski definition) is 1. The van der Waals surface area contributed by atoms with Crippen molar-refractivity contribution in [3.8, 4) is 0 Å². The lowest BCUT2D eigenvalue weighted by molar-refractivity contribution is -0.0155. The molecule has 0 radical (unpaired) electrons. The minimum absolute atomic E-state index is 0.424. The molecule has 1 saturated carbocycles. The molecular weight excluding hydrogens is 234 g/mol. The van der Waals surface area contributed by atoms with E-state index in [0.717, 1.165) is 25.0 Å². The molecule has 3 nitrogen and oxygen atoms in total. The van der Waals surface area contributed by atoms with Gasteiger partial charge >= 0.3 is 0 Å². The van der Waals surface area contributed by atoms with Crippen molar-refractivity contribution < 1.29 is 0 Å². The van der Waals surface area contributed by atoms with Crippen molar-refractivity contribution in [2.24, 2.45) is 17.1 Å². The van der Waals surface area contributed by atoms with Crippen LogP contribution in [0.1, 0.15) is 46.5 Å². The predicted octanol–water partition coefficient (Wildman–Crippen LogP) is 2.17. The van der Waals surface area contributed by atoms with E-state index in [2.05, 4.69) is 37.6 Å². The van der Waals surface area contributed by atoms with Crippen LogP contribution in [0.2, 0.25) is 0 Å². The van der Waals surface area contributed by atoms with Crippen molar-refractivity contribution in [2.45, 2.75) is 58.5 Å². The minimum atomic E-state index is 0.424. The Kier molecular flexibility index (Phi) is 4.91. The second-order valence-corrected chi connectivity index (χ2v) is 7.71. The van der Waals surface area contributed by atoms with E-state index in [0.29, 0.717) is 11.5 Å². The monoisotopic (exact) mass is 267 g/mol. The summed E-state index contributed by atoms with van der Waals surface area (Å²) in [5, 5.41) is 0. The minimum Gasteiger partial charge on any atom is -0.329 e. The smallest absolute Gasteiger partial charge is 0.0349 e. The number of nitrogens with two attached hydrogens (primary N) is 1. The lowest BCUT2D eigenvalue weighted by Crippen LogP contribution is -2.61. The van der Waals surface area contributed by atoms with Gasteiger partial charge in [0.15, 0.2) is 0 Å². The molecule has 112 valence electrons. The van der Waals surface area contributed by atoms with Gasteiger partial charge in [-0.3, -0.25) is 4.90 Å². The van der Waals surface area contributed by atoms with Crippen molar-refractivity contribution in [2.75, 3.05) is 33.2 Å². The Morgan fingerprint density at radius 1 is 1.11 bits per heavy atom. The second kappa shape index (κ2) is 6.11. The van der Waals surface area contributed by atoms with Gasteiger partial charge in [0.05, 0.1) is 0 Å². The Labute approximate surface area is 119 Å². The van der Waals surface area contributed by atoms with Crippen LogP contribution in [0.3, 0.4) is 0 Å². The fourth-order valence-corrected chi connectivity index (χ4v) is 4.19. The Hall–Kier alpha value is -0.120. The summed E-state index contributed by atoms with van der Waals surface area (Å²) in [6.07, 6.45) is 5.60. The lowest BCUT2D eigenvalue weighted by atomic mass is 9.68. The fourth-order valence-electron chi connectivity index (χ4n) is 4.19. The molecule has 0 aromatic rings. The van der Waals surface area contributed by atoms with Gasteiger partial charge in [0, 0.05) is 38.3 Å². The summed E-state index contributed by atoms with van der Waals surface area (Å²) in [7, 11) is 2.22. The zero-order valence-electron chi connectivity index (χ0n) is 13.4. The Bertz CT molecular complexity index is 284. The summed E-state index contributed by atoms with van der Waals surface area (Å²) >= 11 is 0. The normalized spacial score (nSPS) is 35.5. The van der Waals surface area contributed by atoms with E-state index in [1.165, 1.54) is 38.8 Å². The van der Waals surface area contributed by atoms with E-state index >= 15 is 0 Å². The van der Waals surface area contributed by atoms with Gasteiger partial charge in [-0.1, -0.05) is 33.6 Å². The van der Waals surface area contributed by atoms with Gasteiger partial charge in [0.1, 0.15) is 0 Å². The lowest BCUT2D eigenvalue weighted by Gasteiger charge is -2.51. The highest BCUT2D eigenvalue weighted by Crippen LogP contribution is 2.41. The van der Waals surface area contributed by atoms with Crippen molar-refractivity contribution in [3.63, 3.8) is 0 Å². The third-order valence-electron chi connectivity index (χ3n) is 5.27. The number of likely N-dealkylation sites (N-methyl/N-ethyl adjacent to an activating group) is 1. The van der Waals surface area contributed by atoms with Gasteiger partial charge in [-0.15, -0.1) is 0 Å². The summed E-state index contributed by atoms with van der Waals surface area (Å²) in [5.74, 6) is 0.832. The zero-order valence-corrected chi connectivity index (χ0v) is 13.4. The predicted molar refractivity (Wildman–Crippen MR) is 82.2 cm³/mol. The molecule has 19 heavy (non-hydrogen) atoms. The van der Waals surface area contributed by atoms with Crippen LogP contribution in [-0.4, -0.2) is 55.1 Å². The van der Waals surface area contributed by atoms with Gasteiger partial charge in [0.2, 0.25) is 0 Å². The summed E-state index contributed by atoms with van der Waals surface area (Å²) in [4.78, 5) is 5.19. The highest BCUT2D eigenvalue weighted by molar-refractivity contribution is 4.94. The fraction of sp³-hybridized carbons (Fsp3) is 1.00. The molecule has 1 aliphatic carbocycles. The largest absolute Gasteiger partial charge is 0.329 e. The third kappa shape index (κ3) is 3.50. The van der Waals surface area contributed by atoms with Crippen molar-refractivity contribution in [1.29, 1.82) is 0 Å². The Morgan fingerprint density at radius 3 is 2.42 bits per heavy atom. The molecule has 1 aliphatic heterocycles. The first-order valence-electron chi connectivity index (χ1n) is 8.08. The zero-order chi connectivity index (χ0) is 14.0. The van der Waals surface area contributed by atoms with Gasteiger partial charge in [-0.05, 0) is 31.2 Å². The molecule has 3 atom stereocenters. The number of rotatable bonds is 2. The van der Waals surface area contributed by atoms with Crippen LogP contribution in [0.25, 0.3) is 0 Å². The third-order valence-corrected chi connectivity index (χ3v) is 5.27. The first-order valence-corrected chi connectivity index (χ1v) is 8.08. The van der Waals surface area contributed by atoms with Gasteiger partial charge < -0.3 is 10.6 Å². The molecule has 0 bridgehead atoms. The van der Waals surface area contributed by atoms with Gasteiger partial charge in [0.25, 0.3) is 0 Å². The molecule has 0 aromatic carbocycles. The Balaban J connectivity index is 2.12. The summed E-state index contributed by atoms with van der Waals surface area (Å²) in [6.45, 7) is 11.6. The van der Waals surface area contributed by atoms with E-state index in [9.17, 15) is 0 Å². The molecule has 3 unspecified atom stereocenters. The summed E-state index contributed by atoms with van der Waals surface area (Å²) in [6, 6.07) is 1.32. The summed E-state index contributed by atoms with van der Waals surface area (Å²) in [5.41, 5.74) is 6.47. The molecule has 0 spiro atoms. The quantitative estimate of drug-likeness (QED) is 0.832. The maximum atomic E-state index is 6.05. The topological polar surface area (TPSA) is 32.5 Å². The Morgan fingerprint density at radius 2 is 1.79 bits per heavy atom. The van der Waals surface area contributed by atoms with Crippen molar-refractivity contribution in [3.05, 3.63) is 0 Å². The second-order valence-electron chi connectivity index (χ2n) is 7.71. The molecule has 0 aromatic heterocycles. The maximum absolute atomic E-state index is 6.05. The van der Waals surface area contributed by atoms with Gasteiger partial charge in [-0.25, -0.2) is 0 Å². The number of piperazine rings is 1. The molecule has 2 N–H and O–H groups in total. The standard InChI is InChI=1S/C16H33N3/c1-16(2,3)14-7-5-6-8-15(14)19-10-9-18(4)12-13(19)11-17/h13-15H,5-12,17H2,1-4H3. The van der Waals surface area contributed by atoms with E-state index in [1.807, 2.05) is 0 Å². The average molecular weight is 267 g/mol. The molecule has 1 saturated heterocycles.